The molecular weight excluding hydrogens is 368 g/mol. The average Bonchev–Trinajstić information content (AvgIpc) is 2.95. The molecule has 1 heterocycles. The summed E-state index contributed by atoms with van der Waals surface area (Å²) in [6.45, 7) is 6.74. The Morgan fingerprint density at radius 1 is 1.07 bits per heavy atom. The van der Waals surface area contributed by atoms with E-state index in [0.717, 1.165) is 39.1 Å². The number of rotatable bonds is 7. The second-order valence-corrected chi connectivity index (χ2v) is 7.39. The minimum absolute atomic E-state index is 0.0292. The van der Waals surface area contributed by atoms with E-state index in [1.165, 1.54) is 17.2 Å². The van der Waals surface area contributed by atoms with Gasteiger partial charge in [-0.25, -0.2) is 0 Å². The average molecular weight is 396 g/mol. The molecule has 0 saturated carbocycles. The van der Waals surface area contributed by atoms with Crippen molar-refractivity contribution >= 4 is 17.3 Å². The maximum Gasteiger partial charge on any atom is 0.292 e. The van der Waals surface area contributed by atoms with Crippen LogP contribution in [-0.2, 0) is 11.3 Å². The highest BCUT2D eigenvalue weighted by Gasteiger charge is 2.20. The van der Waals surface area contributed by atoms with E-state index in [9.17, 15) is 14.9 Å². The molecule has 0 radical (unpaired) electrons. The van der Waals surface area contributed by atoms with Crippen molar-refractivity contribution in [3.63, 3.8) is 0 Å². The third-order valence-corrected chi connectivity index (χ3v) is 5.35. The number of para-hydroxylation sites is 2. The molecule has 0 unspecified atom stereocenters. The van der Waals surface area contributed by atoms with Gasteiger partial charge in [0.1, 0.15) is 5.69 Å². The lowest BCUT2D eigenvalue weighted by atomic mass is 10.1. The molecule has 0 spiro atoms. The van der Waals surface area contributed by atoms with E-state index in [2.05, 4.69) is 41.4 Å². The second kappa shape index (κ2) is 10.0. The number of benzene rings is 2. The minimum Gasteiger partial charge on any atom is -0.379 e. The van der Waals surface area contributed by atoms with E-state index in [1.54, 1.807) is 18.2 Å². The van der Waals surface area contributed by atoms with Gasteiger partial charge in [-0.1, -0.05) is 36.4 Å². The van der Waals surface area contributed by atoms with Crippen molar-refractivity contribution in [3.05, 3.63) is 69.8 Å². The predicted octanol–water partition coefficient (Wildman–Crippen LogP) is 3.44. The number of nitro benzene ring substituents is 1. The number of nitrogens with zero attached hydrogens (tertiary/aromatic N) is 3. The van der Waals surface area contributed by atoms with E-state index >= 15 is 0 Å². The van der Waals surface area contributed by atoms with Crippen LogP contribution in [0.5, 0.6) is 0 Å². The van der Waals surface area contributed by atoms with E-state index in [-0.39, 0.29) is 11.6 Å². The van der Waals surface area contributed by atoms with Crippen molar-refractivity contribution in [2.45, 2.75) is 26.3 Å². The van der Waals surface area contributed by atoms with Gasteiger partial charge < -0.3 is 10.2 Å². The molecule has 29 heavy (non-hydrogen) atoms. The minimum atomic E-state index is -0.415. The molecule has 7 heteroatoms. The van der Waals surface area contributed by atoms with Crippen LogP contribution in [0.4, 0.5) is 11.4 Å². The molecule has 7 nitrogen and oxygen atoms in total. The summed E-state index contributed by atoms with van der Waals surface area (Å²) in [5.74, 6) is 0.0915. The van der Waals surface area contributed by atoms with Gasteiger partial charge in [-0.3, -0.25) is 19.8 Å². The third kappa shape index (κ3) is 5.77. The van der Waals surface area contributed by atoms with E-state index in [4.69, 9.17) is 0 Å². The third-order valence-electron chi connectivity index (χ3n) is 5.35. The Kier molecular flexibility index (Phi) is 7.19. The van der Waals surface area contributed by atoms with E-state index in [0.29, 0.717) is 18.7 Å². The Labute approximate surface area is 171 Å². The van der Waals surface area contributed by atoms with Gasteiger partial charge in [0, 0.05) is 51.8 Å². The number of carbonyl (C=O) groups excluding carboxylic acids is 1. The predicted molar refractivity (Wildman–Crippen MR) is 114 cm³/mol. The van der Waals surface area contributed by atoms with Crippen LogP contribution in [0.1, 0.15) is 24.0 Å². The van der Waals surface area contributed by atoms with E-state index < -0.39 is 4.92 Å². The molecule has 2 aromatic rings. The van der Waals surface area contributed by atoms with Gasteiger partial charge in [0.05, 0.1) is 4.92 Å². The highest BCUT2D eigenvalue weighted by Crippen LogP contribution is 2.23. The van der Waals surface area contributed by atoms with Crippen molar-refractivity contribution in [3.8, 4) is 0 Å². The Balaban J connectivity index is 1.47. The topological polar surface area (TPSA) is 78.7 Å². The van der Waals surface area contributed by atoms with Gasteiger partial charge >= 0.3 is 0 Å². The SMILES string of the molecule is Cc1ccccc1CN1CCCN(C(=O)CCNc2ccccc2[N+](=O)[O-])CC1. The maximum absolute atomic E-state index is 12.6. The van der Waals surface area contributed by atoms with Crippen LogP contribution in [0.3, 0.4) is 0 Å². The van der Waals surface area contributed by atoms with Crippen LogP contribution in [0.2, 0.25) is 0 Å². The van der Waals surface area contributed by atoms with Crippen LogP contribution >= 0.6 is 0 Å². The number of hydrogen-bond donors (Lipinski definition) is 1. The number of nitro groups is 1. The lowest BCUT2D eigenvalue weighted by Crippen LogP contribution is -2.35. The molecule has 2 aromatic carbocycles. The molecule has 3 rings (SSSR count). The van der Waals surface area contributed by atoms with Gasteiger partial charge in [0.15, 0.2) is 0 Å². The van der Waals surface area contributed by atoms with Gasteiger partial charge in [0.2, 0.25) is 5.91 Å². The number of anilines is 1. The fourth-order valence-electron chi connectivity index (χ4n) is 3.65. The highest BCUT2D eigenvalue weighted by atomic mass is 16.6. The van der Waals surface area contributed by atoms with Crippen LogP contribution in [-0.4, -0.2) is 53.4 Å². The summed E-state index contributed by atoms with van der Waals surface area (Å²) in [5, 5.41) is 14.1. The summed E-state index contributed by atoms with van der Waals surface area (Å²) in [7, 11) is 0. The summed E-state index contributed by atoms with van der Waals surface area (Å²) in [4.78, 5) is 27.6. The van der Waals surface area contributed by atoms with Crippen LogP contribution in [0.25, 0.3) is 0 Å². The lowest BCUT2D eigenvalue weighted by molar-refractivity contribution is -0.384. The monoisotopic (exact) mass is 396 g/mol. The van der Waals surface area contributed by atoms with Crippen LogP contribution in [0, 0.1) is 17.0 Å². The molecule has 1 amide bonds. The van der Waals surface area contributed by atoms with Gasteiger partial charge in [0.25, 0.3) is 5.69 Å². The molecule has 0 bridgehead atoms. The fourth-order valence-corrected chi connectivity index (χ4v) is 3.65. The highest BCUT2D eigenvalue weighted by molar-refractivity contribution is 5.77. The zero-order valence-corrected chi connectivity index (χ0v) is 16.8. The first-order valence-corrected chi connectivity index (χ1v) is 10.1. The maximum atomic E-state index is 12.6. The molecule has 0 aliphatic carbocycles. The first kappa shape index (κ1) is 20.8. The molecule has 1 aliphatic heterocycles. The number of hydrogen-bond acceptors (Lipinski definition) is 5. The Hall–Kier alpha value is -2.93. The van der Waals surface area contributed by atoms with Crippen LogP contribution in [0.15, 0.2) is 48.5 Å². The number of amides is 1. The number of aryl methyl sites for hydroxylation is 1. The first-order valence-electron chi connectivity index (χ1n) is 10.1. The van der Waals surface area contributed by atoms with Gasteiger partial charge in [-0.05, 0) is 30.5 Å². The zero-order chi connectivity index (χ0) is 20.6. The standard InChI is InChI=1S/C22H28N4O3/c1-18-7-2-3-8-19(18)17-24-13-6-14-25(16-15-24)22(27)11-12-23-20-9-4-5-10-21(20)26(28)29/h2-5,7-10,23H,6,11-17H2,1H3. The molecule has 1 N–H and O–H groups in total. The Morgan fingerprint density at radius 2 is 1.83 bits per heavy atom. The Morgan fingerprint density at radius 3 is 2.62 bits per heavy atom. The molecular formula is C22H28N4O3. The Bertz CT molecular complexity index is 855. The molecule has 1 aliphatic rings. The van der Waals surface area contributed by atoms with Crippen LogP contribution < -0.4 is 5.32 Å². The second-order valence-electron chi connectivity index (χ2n) is 7.39. The molecule has 0 aromatic heterocycles. The fraction of sp³-hybridized carbons (Fsp3) is 0.409. The van der Waals surface area contributed by atoms with E-state index in [1.807, 2.05) is 4.90 Å². The smallest absolute Gasteiger partial charge is 0.292 e. The molecule has 0 atom stereocenters. The van der Waals surface area contributed by atoms with Crippen molar-refractivity contribution in [2.24, 2.45) is 0 Å². The number of carbonyl (C=O) groups is 1. The molecule has 1 saturated heterocycles. The summed E-state index contributed by atoms with van der Waals surface area (Å²) in [5.41, 5.74) is 3.11. The van der Waals surface area contributed by atoms with Crippen molar-refractivity contribution in [1.82, 2.24) is 9.80 Å². The van der Waals surface area contributed by atoms with Crippen molar-refractivity contribution in [1.29, 1.82) is 0 Å². The largest absolute Gasteiger partial charge is 0.379 e. The summed E-state index contributed by atoms with van der Waals surface area (Å²) >= 11 is 0. The number of nitrogens with one attached hydrogen (secondary N) is 1. The molecule has 154 valence electrons. The van der Waals surface area contributed by atoms with Crippen molar-refractivity contribution < 1.29 is 9.72 Å². The lowest BCUT2D eigenvalue weighted by Gasteiger charge is -2.22. The molecule has 1 fully saturated rings. The van der Waals surface area contributed by atoms with Gasteiger partial charge in [-0.15, -0.1) is 0 Å². The first-order chi connectivity index (χ1) is 14.0. The summed E-state index contributed by atoms with van der Waals surface area (Å²) in [6.07, 6.45) is 1.28. The summed E-state index contributed by atoms with van der Waals surface area (Å²) < 4.78 is 0. The normalized spacial score (nSPS) is 15.0. The summed E-state index contributed by atoms with van der Waals surface area (Å²) in [6, 6.07) is 14.9. The van der Waals surface area contributed by atoms with Gasteiger partial charge in [-0.2, -0.15) is 0 Å². The van der Waals surface area contributed by atoms with Crippen molar-refractivity contribution in [2.75, 3.05) is 38.0 Å². The quantitative estimate of drug-likeness (QED) is 0.573. The zero-order valence-electron chi connectivity index (χ0n) is 16.8.